The molecule has 1 heterocycles. The lowest BCUT2D eigenvalue weighted by atomic mass is 10.1. The Morgan fingerprint density at radius 2 is 2.00 bits per heavy atom. The molecule has 16 heavy (non-hydrogen) atoms. The Morgan fingerprint density at radius 3 is 2.50 bits per heavy atom. The molecule has 88 valence electrons. The van der Waals surface area contributed by atoms with Crippen LogP contribution in [0.4, 0.5) is 5.82 Å². The molecule has 0 aromatic carbocycles. The number of rotatable bonds is 2. The van der Waals surface area contributed by atoms with Crippen molar-refractivity contribution in [3.8, 4) is 0 Å². The van der Waals surface area contributed by atoms with Crippen molar-refractivity contribution in [2.75, 3.05) is 0 Å². The predicted octanol–water partition coefficient (Wildman–Crippen LogP) is 3.45. The van der Waals surface area contributed by atoms with E-state index < -0.39 is 4.92 Å². The van der Waals surface area contributed by atoms with E-state index in [2.05, 4.69) is 21.0 Å². The summed E-state index contributed by atoms with van der Waals surface area (Å²) in [5, 5.41) is 14.7. The van der Waals surface area contributed by atoms with Gasteiger partial charge in [-0.05, 0) is 33.7 Å². The lowest BCUT2D eigenvalue weighted by molar-refractivity contribution is -0.390. The molecule has 0 atom stereocenters. The highest BCUT2D eigenvalue weighted by Crippen LogP contribution is 2.30. The van der Waals surface area contributed by atoms with Crippen molar-refractivity contribution in [2.24, 2.45) is 0 Å². The van der Waals surface area contributed by atoms with Gasteiger partial charge in [-0.25, -0.2) is 0 Å². The Morgan fingerprint density at radius 1 is 1.38 bits per heavy atom. The van der Waals surface area contributed by atoms with Gasteiger partial charge >= 0.3 is 5.82 Å². The van der Waals surface area contributed by atoms with Gasteiger partial charge in [0.25, 0.3) is 0 Å². The van der Waals surface area contributed by atoms with Crippen LogP contribution in [0.3, 0.4) is 0 Å². The van der Waals surface area contributed by atoms with Gasteiger partial charge in [-0.2, -0.15) is 4.68 Å². The van der Waals surface area contributed by atoms with Crippen LogP contribution < -0.4 is 0 Å². The van der Waals surface area contributed by atoms with E-state index in [1.54, 1.807) is 10.9 Å². The quantitative estimate of drug-likeness (QED) is 0.475. The second-order valence-corrected chi connectivity index (χ2v) is 5.04. The van der Waals surface area contributed by atoms with E-state index in [0.717, 1.165) is 12.8 Å². The normalized spacial score (nSPS) is 18.3. The zero-order valence-electron chi connectivity index (χ0n) is 8.93. The fraction of sp³-hybridized carbons (Fsp3) is 0.700. The Labute approximate surface area is 102 Å². The standard InChI is InChI=1S/C10H14BrN3O2/c11-9-7-13(12-10(9)14(15)16)8-5-3-1-2-4-6-8/h7-8H,1-6H2. The van der Waals surface area contributed by atoms with Crippen LogP contribution in [0.25, 0.3) is 0 Å². The van der Waals surface area contributed by atoms with Crippen molar-refractivity contribution in [3.63, 3.8) is 0 Å². The van der Waals surface area contributed by atoms with Crippen molar-refractivity contribution in [3.05, 3.63) is 20.8 Å². The maximum atomic E-state index is 10.7. The van der Waals surface area contributed by atoms with Crippen molar-refractivity contribution in [1.82, 2.24) is 9.78 Å². The molecule has 1 fully saturated rings. The van der Waals surface area contributed by atoms with Gasteiger partial charge < -0.3 is 10.1 Å². The van der Waals surface area contributed by atoms with Gasteiger partial charge in [-0.3, -0.25) is 0 Å². The molecule has 0 unspecified atom stereocenters. The van der Waals surface area contributed by atoms with Crippen LogP contribution in [-0.4, -0.2) is 14.7 Å². The molecular weight excluding hydrogens is 274 g/mol. The summed E-state index contributed by atoms with van der Waals surface area (Å²) in [4.78, 5) is 10.2. The molecule has 1 aromatic heterocycles. The second-order valence-electron chi connectivity index (χ2n) is 4.18. The number of hydrogen-bond donors (Lipinski definition) is 0. The second kappa shape index (κ2) is 4.95. The highest BCUT2D eigenvalue weighted by Gasteiger charge is 2.24. The third-order valence-electron chi connectivity index (χ3n) is 3.04. The average molecular weight is 288 g/mol. The van der Waals surface area contributed by atoms with Gasteiger partial charge in [0, 0.05) is 0 Å². The predicted molar refractivity (Wildman–Crippen MR) is 63.3 cm³/mol. The van der Waals surface area contributed by atoms with Crippen LogP contribution in [0.1, 0.15) is 44.6 Å². The van der Waals surface area contributed by atoms with E-state index in [-0.39, 0.29) is 5.82 Å². The zero-order chi connectivity index (χ0) is 11.5. The number of nitrogens with zero attached hydrogens (tertiary/aromatic N) is 3. The maximum absolute atomic E-state index is 10.7. The molecule has 1 saturated carbocycles. The summed E-state index contributed by atoms with van der Waals surface area (Å²) in [6.45, 7) is 0. The summed E-state index contributed by atoms with van der Waals surface area (Å²) in [6, 6.07) is 0.326. The highest BCUT2D eigenvalue weighted by atomic mass is 79.9. The molecule has 0 aliphatic heterocycles. The largest absolute Gasteiger partial charge is 0.404 e. The first kappa shape index (κ1) is 11.6. The molecule has 0 saturated heterocycles. The Hall–Kier alpha value is -0.910. The minimum absolute atomic E-state index is 0.0794. The topological polar surface area (TPSA) is 61.0 Å². The molecule has 6 heteroatoms. The van der Waals surface area contributed by atoms with Crippen molar-refractivity contribution >= 4 is 21.7 Å². The first-order chi connectivity index (χ1) is 7.68. The number of aromatic nitrogens is 2. The molecule has 5 nitrogen and oxygen atoms in total. The molecule has 0 radical (unpaired) electrons. The third kappa shape index (κ3) is 2.42. The van der Waals surface area contributed by atoms with Crippen LogP contribution in [0.15, 0.2) is 10.7 Å². The van der Waals surface area contributed by atoms with Gasteiger partial charge in [-0.15, -0.1) is 0 Å². The minimum atomic E-state index is -0.447. The summed E-state index contributed by atoms with van der Waals surface area (Å²) >= 11 is 3.18. The molecule has 0 bridgehead atoms. The van der Waals surface area contributed by atoms with Gasteiger partial charge in [0.1, 0.15) is 4.47 Å². The molecule has 0 spiro atoms. The Kier molecular flexibility index (Phi) is 3.58. The van der Waals surface area contributed by atoms with Crippen molar-refractivity contribution in [1.29, 1.82) is 0 Å². The van der Waals surface area contributed by atoms with Gasteiger partial charge in [-0.1, -0.05) is 25.7 Å². The summed E-state index contributed by atoms with van der Waals surface area (Å²) in [7, 11) is 0. The van der Waals surface area contributed by atoms with Crippen LogP contribution in [0, 0.1) is 10.1 Å². The molecule has 2 rings (SSSR count). The minimum Gasteiger partial charge on any atom is -0.358 e. The smallest absolute Gasteiger partial charge is 0.358 e. The van der Waals surface area contributed by atoms with E-state index in [1.807, 2.05) is 0 Å². The van der Waals surface area contributed by atoms with E-state index in [1.165, 1.54) is 25.7 Å². The number of hydrogen-bond acceptors (Lipinski definition) is 3. The zero-order valence-corrected chi connectivity index (χ0v) is 10.5. The SMILES string of the molecule is O=[N+]([O-])c1nn(C2CCCCCC2)cc1Br. The fourth-order valence-electron chi connectivity index (χ4n) is 2.19. The number of nitro groups is 1. The third-order valence-corrected chi connectivity index (χ3v) is 3.60. The van der Waals surface area contributed by atoms with Gasteiger partial charge in [0.15, 0.2) is 0 Å². The van der Waals surface area contributed by atoms with Crippen LogP contribution in [-0.2, 0) is 0 Å². The van der Waals surface area contributed by atoms with E-state index in [0.29, 0.717) is 10.5 Å². The van der Waals surface area contributed by atoms with E-state index >= 15 is 0 Å². The lowest BCUT2D eigenvalue weighted by Crippen LogP contribution is -2.08. The fourth-order valence-corrected chi connectivity index (χ4v) is 2.63. The molecule has 0 N–H and O–H groups in total. The first-order valence-electron chi connectivity index (χ1n) is 5.57. The molecule has 0 amide bonds. The van der Waals surface area contributed by atoms with Gasteiger partial charge in [0.05, 0.1) is 17.3 Å². The monoisotopic (exact) mass is 287 g/mol. The lowest BCUT2D eigenvalue weighted by Gasteiger charge is -2.09. The molecular formula is C10H14BrN3O2. The molecule has 1 aromatic rings. The highest BCUT2D eigenvalue weighted by molar-refractivity contribution is 9.10. The summed E-state index contributed by atoms with van der Waals surface area (Å²) in [6.07, 6.45) is 8.79. The average Bonchev–Trinajstić information content (AvgIpc) is 2.50. The Bertz CT molecular complexity index is 383. The van der Waals surface area contributed by atoms with Crippen LogP contribution in [0.5, 0.6) is 0 Å². The van der Waals surface area contributed by atoms with E-state index in [4.69, 9.17) is 0 Å². The summed E-state index contributed by atoms with van der Waals surface area (Å²) in [5.74, 6) is -0.0794. The number of halogens is 1. The summed E-state index contributed by atoms with van der Waals surface area (Å²) in [5.41, 5.74) is 0. The van der Waals surface area contributed by atoms with Crippen molar-refractivity contribution in [2.45, 2.75) is 44.6 Å². The molecule has 1 aliphatic rings. The van der Waals surface area contributed by atoms with Crippen LogP contribution >= 0.6 is 15.9 Å². The Balaban J connectivity index is 2.19. The van der Waals surface area contributed by atoms with Crippen LogP contribution in [0.2, 0.25) is 0 Å². The maximum Gasteiger partial charge on any atom is 0.404 e. The molecule has 1 aliphatic carbocycles. The summed E-state index contributed by atoms with van der Waals surface area (Å²) < 4.78 is 2.23. The van der Waals surface area contributed by atoms with E-state index in [9.17, 15) is 10.1 Å². The van der Waals surface area contributed by atoms with Crippen molar-refractivity contribution < 1.29 is 4.92 Å². The van der Waals surface area contributed by atoms with Gasteiger partial charge in [0.2, 0.25) is 0 Å². The first-order valence-corrected chi connectivity index (χ1v) is 6.37.